The van der Waals surface area contributed by atoms with Crippen LogP contribution in [0.2, 0.25) is 0 Å². The van der Waals surface area contributed by atoms with Gasteiger partial charge in [-0.3, -0.25) is 0 Å². The summed E-state index contributed by atoms with van der Waals surface area (Å²) in [6, 6.07) is -0.502. The van der Waals surface area contributed by atoms with E-state index < -0.39 is 0 Å². The SMILES string of the molecule is Cc1noc(C(NC(=O)N(C)CC2CCCC2O)C(C)C)n1. The van der Waals surface area contributed by atoms with E-state index in [-0.39, 0.29) is 30.0 Å². The second-order valence-corrected chi connectivity index (χ2v) is 6.49. The fourth-order valence-electron chi connectivity index (χ4n) is 2.86. The Morgan fingerprint density at radius 3 is 2.73 bits per heavy atom. The molecule has 22 heavy (non-hydrogen) atoms. The average molecular weight is 310 g/mol. The van der Waals surface area contributed by atoms with E-state index in [9.17, 15) is 9.90 Å². The van der Waals surface area contributed by atoms with Gasteiger partial charge in [0, 0.05) is 19.5 Å². The number of aliphatic hydroxyl groups excluding tert-OH is 1. The molecule has 2 N–H and O–H groups in total. The van der Waals surface area contributed by atoms with Gasteiger partial charge in [-0.2, -0.15) is 4.98 Å². The lowest BCUT2D eigenvalue weighted by molar-refractivity contribution is 0.112. The second-order valence-electron chi connectivity index (χ2n) is 6.49. The maximum Gasteiger partial charge on any atom is 0.317 e. The van der Waals surface area contributed by atoms with Crippen molar-refractivity contribution in [1.82, 2.24) is 20.4 Å². The van der Waals surface area contributed by atoms with Gasteiger partial charge in [0.2, 0.25) is 5.89 Å². The zero-order valence-electron chi connectivity index (χ0n) is 13.7. The monoisotopic (exact) mass is 310 g/mol. The molecule has 1 saturated carbocycles. The Morgan fingerprint density at radius 1 is 1.50 bits per heavy atom. The smallest absolute Gasteiger partial charge is 0.317 e. The minimum absolute atomic E-state index is 0.134. The van der Waals surface area contributed by atoms with Crippen molar-refractivity contribution in [2.24, 2.45) is 11.8 Å². The predicted molar refractivity (Wildman–Crippen MR) is 81.1 cm³/mol. The Morgan fingerprint density at radius 2 is 2.23 bits per heavy atom. The largest absolute Gasteiger partial charge is 0.393 e. The summed E-state index contributed by atoms with van der Waals surface area (Å²) < 4.78 is 5.18. The maximum atomic E-state index is 12.4. The van der Waals surface area contributed by atoms with Gasteiger partial charge in [0.05, 0.1) is 6.10 Å². The van der Waals surface area contributed by atoms with Crippen LogP contribution in [0.1, 0.15) is 50.9 Å². The summed E-state index contributed by atoms with van der Waals surface area (Å²) in [5.41, 5.74) is 0. The number of carbonyl (C=O) groups excluding carboxylic acids is 1. The van der Waals surface area contributed by atoms with Crippen molar-refractivity contribution < 1.29 is 14.4 Å². The zero-order chi connectivity index (χ0) is 16.3. The van der Waals surface area contributed by atoms with E-state index in [1.807, 2.05) is 13.8 Å². The summed E-state index contributed by atoms with van der Waals surface area (Å²) in [6.45, 7) is 6.29. The van der Waals surface area contributed by atoms with Crippen molar-refractivity contribution in [3.05, 3.63) is 11.7 Å². The molecule has 3 atom stereocenters. The van der Waals surface area contributed by atoms with Gasteiger partial charge in [0.1, 0.15) is 6.04 Å². The first kappa shape index (κ1) is 16.7. The van der Waals surface area contributed by atoms with Crippen molar-refractivity contribution in [2.75, 3.05) is 13.6 Å². The molecule has 1 aliphatic rings. The van der Waals surface area contributed by atoms with Crippen LogP contribution in [0.3, 0.4) is 0 Å². The molecule has 1 aromatic rings. The van der Waals surface area contributed by atoms with Crippen molar-refractivity contribution in [3.63, 3.8) is 0 Å². The Balaban J connectivity index is 1.95. The number of amides is 2. The van der Waals surface area contributed by atoms with Crippen molar-refractivity contribution >= 4 is 6.03 Å². The number of rotatable bonds is 5. The summed E-state index contributed by atoms with van der Waals surface area (Å²) in [5, 5.41) is 16.6. The van der Waals surface area contributed by atoms with E-state index in [1.54, 1.807) is 18.9 Å². The molecule has 3 unspecified atom stereocenters. The van der Waals surface area contributed by atoms with Crippen LogP contribution < -0.4 is 5.32 Å². The standard InChI is InChI=1S/C15H26N4O3/c1-9(2)13(14-16-10(3)18-22-14)17-15(21)19(4)8-11-6-5-7-12(11)20/h9,11-13,20H,5-8H2,1-4H3,(H,17,21). The third-order valence-corrected chi connectivity index (χ3v) is 4.23. The van der Waals surface area contributed by atoms with Gasteiger partial charge in [-0.15, -0.1) is 0 Å². The number of aryl methyl sites for hydroxylation is 1. The summed E-state index contributed by atoms with van der Waals surface area (Å²) in [6.07, 6.45) is 2.53. The van der Waals surface area contributed by atoms with Gasteiger partial charge in [-0.05, 0) is 25.7 Å². The molecule has 0 radical (unpaired) electrons. The Hall–Kier alpha value is -1.63. The summed E-state index contributed by atoms with van der Waals surface area (Å²) in [7, 11) is 1.75. The highest BCUT2D eigenvalue weighted by Gasteiger charge is 2.29. The molecule has 0 spiro atoms. The molecule has 0 bridgehead atoms. The highest BCUT2D eigenvalue weighted by Crippen LogP contribution is 2.26. The molecule has 0 saturated heterocycles. The van der Waals surface area contributed by atoms with Crippen LogP contribution in [0, 0.1) is 18.8 Å². The fourth-order valence-corrected chi connectivity index (χ4v) is 2.86. The number of carbonyl (C=O) groups is 1. The van der Waals surface area contributed by atoms with E-state index in [4.69, 9.17) is 4.52 Å². The number of nitrogens with one attached hydrogen (secondary N) is 1. The highest BCUT2D eigenvalue weighted by molar-refractivity contribution is 5.74. The molecule has 124 valence electrons. The number of hydrogen-bond donors (Lipinski definition) is 2. The zero-order valence-corrected chi connectivity index (χ0v) is 13.7. The van der Waals surface area contributed by atoms with Gasteiger partial charge in [-0.1, -0.05) is 25.4 Å². The van der Waals surface area contributed by atoms with Gasteiger partial charge >= 0.3 is 6.03 Å². The number of nitrogens with zero attached hydrogens (tertiary/aromatic N) is 3. The summed E-state index contributed by atoms with van der Waals surface area (Å²) in [4.78, 5) is 18.2. The van der Waals surface area contributed by atoms with E-state index in [0.29, 0.717) is 18.3 Å². The number of urea groups is 1. The van der Waals surface area contributed by atoms with Crippen LogP contribution in [0.25, 0.3) is 0 Å². The molecule has 0 aliphatic heterocycles. The van der Waals surface area contributed by atoms with Crippen LogP contribution in [-0.2, 0) is 0 Å². The Labute approximate surface area is 131 Å². The molecular formula is C15H26N4O3. The van der Waals surface area contributed by atoms with Gasteiger partial charge in [0.15, 0.2) is 5.82 Å². The lowest BCUT2D eigenvalue weighted by Crippen LogP contribution is -2.43. The topological polar surface area (TPSA) is 91.5 Å². The van der Waals surface area contributed by atoms with Gasteiger partial charge in [0.25, 0.3) is 0 Å². The molecule has 2 rings (SSSR count). The molecule has 7 nitrogen and oxygen atoms in total. The summed E-state index contributed by atoms with van der Waals surface area (Å²) >= 11 is 0. The summed E-state index contributed by atoms with van der Waals surface area (Å²) in [5.74, 6) is 1.28. The van der Waals surface area contributed by atoms with Gasteiger partial charge < -0.3 is 19.8 Å². The molecule has 2 amide bonds. The first-order valence-electron chi connectivity index (χ1n) is 7.88. The lowest BCUT2D eigenvalue weighted by Gasteiger charge is -2.26. The number of aliphatic hydroxyl groups is 1. The van der Waals surface area contributed by atoms with Crippen LogP contribution in [-0.4, -0.2) is 45.9 Å². The third kappa shape index (κ3) is 3.97. The lowest BCUT2D eigenvalue weighted by atomic mass is 10.0. The van der Waals surface area contributed by atoms with Crippen molar-refractivity contribution in [1.29, 1.82) is 0 Å². The minimum atomic E-state index is -0.315. The van der Waals surface area contributed by atoms with Crippen molar-refractivity contribution in [2.45, 2.75) is 52.2 Å². The third-order valence-electron chi connectivity index (χ3n) is 4.23. The molecule has 1 aromatic heterocycles. The molecule has 0 aromatic carbocycles. The van der Waals surface area contributed by atoms with Crippen LogP contribution in [0.15, 0.2) is 4.52 Å². The molecular weight excluding hydrogens is 284 g/mol. The van der Waals surface area contributed by atoms with Crippen LogP contribution in [0.5, 0.6) is 0 Å². The first-order valence-corrected chi connectivity index (χ1v) is 7.88. The predicted octanol–water partition coefficient (Wildman–Crippen LogP) is 1.88. The maximum absolute atomic E-state index is 12.4. The van der Waals surface area contributed by atoms with Crippen molar-refractivity contribution in [3.8, 4) is 0 Å². The fraction of sp³-hybridized carbons (Fsp3) is 0.800. The second kappa shape index (κ2) is 7.09. The first-order chi connectivity index (χ1) is 10.4. The number of aromatic nitrogens is 2. The van der Waals surface area contributed by atoms with E-state index >= 15 is 0 Å². The van der Waals surface area contributed by atoms with Crippen LogP contribution >= 0.6 is 0 Å². The van der Waals surface area contributed by atoms with E-state index in [1.165, 1.54) is 0 Å². The normalized spacial score (nSPS) is 22.8. The Bertz CT molecular complexity index is 503. The average Bonchev–Trinajstić information content (AvgIpc) is 3.05. The molecule has 7 heteroatoms. The Kier molecular flexibility index (Phi) is 5.39. The molecule has 1 fully saturated rings. The highest BCUT2D eigenvalue weighted by atomic mass is 16.5. The molecule has 1 heterocycles. The molecule has 1 aliphatic carbocycles. The quantitative estimate of drug-likeness (QED) is 0.866. The van der Waals surface area contributed by atoms with E-state index in [0.717, 1.165) is 19.3 Å². The van der Waals surface area contributed by atoms with E-state index in [2.05, 4.69) is 15.5 Å². The minimum Gasteiger partial charge on any atom is -0.393 e. The number of hydrogen-bond acceptors (Lipinski definition) is 5. The van der Waals surface area contributed by atoms with Gasteiger partial charge in [-0.25, -0.2) is 4.79 Å². The van der Waals surface area contributed by atoms with Crippen LogP contribution in [0.4, 0.5) is 4.79 Å².